The lowest BCUT2D eigenvalue weighted by Gasteiger charge is -2.22. The van der Waals surface area contributed by atoms with Crippen LogP contribution in [0.5, 0.6) is 0 Å². The summed E-state index contributed by atoms with van der Waals surface area (Å²) in [7, 11) is 0. The molecule has 31 heavy (non-hydrogen) atoms. The van der Waals surface area contributed by atoms with Crippen LogP contribution in [-0.4, -0.2) is 27.0 Å². The van der Waals surface area contributed by atoms with Crippen LogP contribution in [0.15, 0.2) is 53.1 Å². The van der Waals surface area contributed by atoms with Crippen LogP contribution in [0.4, 0.5) is 18.0 Å². The normalized spacial score (nSPS) is 19.1. The van der Waals surface area contributed by atoms with Gasteiger partial charge in [-0.1, -0.05) is 47.1 Å². The van der Waals surface area contributed by atoms with E-state index in [1.165, 1.54) is 12.1 Å². The third kappa shape index (κ3) is 3.76. The van der Waals surface area contributed by atoms with E-state index in [1.54, 1.807) is 19.1 Å². The molecule has 2 heterocycles. The fraction of sp³-hybridized carbons (Fsp3) is 0.238. The van der Waals surface area contributed by atoms with Crippen LogP contribution in [0.3, 0.4) is 0 Å². The minimum Gasteiger partial charge on any atom is -0.337 e. The van der Waals surface area contributed by atoms with Gasteiger partial charge in [-0.05, 0) is 31.5 Å². The van der Waals surface area contributed by atoms with Gasteiger partial charge in [0.2, 0.25) is 11.7 Å². The van der Waals surface area contributed by atoms with Crippen LogP contribution in [0.1, 0.15) is 29.5 Å². The van der Waals surface area contributed by atoms with Crippen molar-refractivity contribution in [1.82, 2.24) is 20.4 Å². The number of aromatic nitrogens is 2. The van der Waals surface area contributed by atoms with E-state index in [9.17, 15) is 22.8 Å². The SMILES string of the molecule is Cc1ccc(C2(C)NC(=O)N(Cc3nc(-c4cccc(C(F)(F)F)c4)no3)C2=O)cc1. The number of aryl methyl sites for hydroxylation is 1. The van der Waals surface area contributed by atoms with Gasteiger partial charge in [-0.15, -0.1) is 0 Å². The van der Waals surface area contributed by atoms with Crippen LogP contribution in [-0.2, 0) is 23.1 Å². The highest BCUT2D eigenvalue weighted by molar-refractivity contribution is 6.07. The lowest BCUT2D eigenvalue weighted by atomic mass is 9.91. The van der Waals surface area contributed by atoms with Crippen molar-refractivity contribution in [2.75, 3.05) is 0 Å². The average molecular weight is 430 g/mol. The van der Waals surface area contributed by atoms with Crippen LogP contribution >= 0.6 is 0 Å². The predicted molar refractivity (Wildman–Crippen MR) is 102 cm³/mol. The quantitative estimate of drug-likeness (QED) is 0.632. The molecule has 1 aliphatic rings. The Labute approximate surface area is 174 Å². The highest BCUT2D eigenvalue weighted by atomic mass is 19.4. The first-order valence-electron chi connectivity index (χ1n) is 9.29. The number of hydrogen-bond acceptors (Lipinski definition) is 5. The van der Waals surface area contributed by atoms with Crippen molar-refractivity contribution in [3.63, 3.8) is 0 Å². The van der Waals surface area contributed by atoms with E-state index in [4.69, 9.17) is 4.52 Å². The van der Waals surface area contributed by atoms with Gasteiger partial charge in [-0.3, -0.25) is 9.69 Å². The van der Waals surface area contributed by atoms with Crippen molar-refractivity contribution in [2.24, 2.45) is 0 Å². The molecule has 2 aromatic carbocycles. The highest BCUT2D eigenvalue weighted by Crippen LogP contribution is 2.32. The summed E-state index contributed by atoms with van der Waals surface area (Å²) in [6.45, 7) is 3.20. The molecule has 0 bridgehead atoms. The molecule has 1 aliphatic heterocycles. The number of amides is 3. The Morgan fingerprint density at radius 3 is 2.52 bits per heavy atom. The van der Waals surface area contributed by atoms with Gasteiger partial charge in [0.05, 0.1) is 5.56 Å². The first kappa shape index (κ1) is 20.6. The highest BCUT2D eigenvalue weighted by Gasteiger charge is 2.49. The van der Waals surface area contributed by atoms with Gasteiger partial charge in [-0.25, -0.2) is 4.79 Å². The van der Waals surface area contributed by atoms with E-state index in [0.717, 1.165) is 22.6 Å². The maximum Gasteiger partial charge on any atom is 0.416 e. The van der Waals surface area contributed by atoms with Gasteiger partial charge >= 0.3 is 12.2 Å². The molecule has 1 unspecified atom stereocenters. The zero-order valence-corrected chi connectivity index (χ0v) is 16.5. The van der Waals surface area contributed by atoms with E-state index in [-0.39, 0.29) is 23.8 Å². The minimum absolute atomic E-state index is 0.0746. The summed E-state index contributed by atoms with van der Waals surface area (Å²) in [6.07, 6.45) is -4.51. The number of hydrogen-bond donors (Lipinski definition) is 1. The largest absolute Gasteiger partial charge is 0.416 e. The van der Waals surface area contributed by atoms with Crippen LogP contribution < -0.4 is 5.32 Å². The van der Waals surface area contributed by atoms with Gasteiger partial charge < -0.3 is 9.84 Å². The number of halogens is 3. The van der Waals surface area contributed by atoms with E-state index in [1.807, 2.05) is 19.1 Å². The Kier molecular flexibility index (Phi) is 4.79. The molecular weight excluding hydrogens is 413 g/mol. The fourth-order valence-electron chi connectivity index (χ4n) is 3.33. The Bertz CT molecular complexity index is 1160. The van der Waals surface area contributed by atoms with Crippen LogP contribution in [0.2, 0.25) is 0 Å². The van der Waals surface area contributed by atoms with E-state index >= 15 is 0 Å². The summed E-state index contributed by atoms with van der Waals surface area (Å²) in [5, 5.41) is 6.35. The third-order valence-corrected chi connectivity index (χ3v) is 5.11. The van der Waals surface area contributed by atoms with E-state index in [0.29, 0.717) is 5.56 Å². The molecule has 1 fully saturated rings. The van der Waals surface area contributed by atoms with E-state index < -0.39 is 29.2 Å². The van der Waals surface area contributed by atoms with Crippen molar-refractivity contribution < 1.29 is 27.3 Å². The molecule has 0 aliphatic carbocycles. The second kappa shape index (κ2) is 7.22. The number of carbonyl (C=O) groups excluding carboxylic acids is 2. The first-order chi connectivity index (χ1) is 14.6. The second-order valence-electron chi connectivity index (χ2n) is 7.40. The summed E-state index contributed by atoms with van der Waals surface area (Å²) in [5.41, 5.74) is -0.372. The van der Waals surface area contributed by atoms with Crippen molar-refractivity contribution >= 4 is 11.9 Å². The molecule has 160 valence electrons. The smallest absolute Gasteiger partial charge is 0.337 e. The lowest BCUT2D eigenvalue weighted by Crippen LogP contribution is -2.40. The van der Waals surface area contributed by atoms with Crippen LogP contribution in [0.25, 0.3) is 11.4 Å². The molecule has 1 N–H and O–H groups in total. The lowest BCUT2D eigenvalue weighted by molar-refractivity contribution is -0.137. The van der Waals surface area contributed by atoms with Gasteiger partial charge in [0.15, 0.2) is 0 Å². The molecule has 1 saturated heterocycles. The summed E-state index contributed by atoms with van der Waals surface area (Å²) in [4.78, 5) is 30.4. The molecule has 4 rings (SSSR count). The number of imide groups is 1. The zero-order valence-electron chi connectivity index (χ0n) is 16.5. The number of alkyl halides is 3. The standard InChI is InChI=1S/C21H17F3N4O3/c1-12-6-8-14(9-7-12)20(2)18(29)28(19(30)26-20)11-16-25-17(27-31-16)13-4-3-5-15(10-13)21(22,23)24/h3-10H,11H2,1-2H3,(H,26,30). The number of urea groups is 1. The molecule has 10 heteroatoms. The summed E-state index contributed by atoms with van der Waals surface area (Å²) >= 11 is 0. The number of carbonyl (C=O) groups is 2. The number of nitrogens with zero attached hydrogens (tertiary/aromatic N) is 3. The van der Waals surface area contributed by atoms with Crippen molar-refractivity contribution in [3.05, 3.63) is 71.1 Å². The van der Waals surface area contributed by atoms with Crippen molar-refractivity contribution in [1.29, 1.82) is 0 Å². The molecule has 0 radical (unpaired) electrons. The third-order valence-electron chi connectivity index (χ3n) is 5.11. The van der Waals surface area contributed by atoms with Gasteiger partial charge in [0, 0.05) is 5.56 Å². The van der Waals surface area contributed by atoms with Crippen molar-refractivity contribution in [2.45, 2.75) is 32.1 Å². The summed E-state index contributed by atoms with van der Waals surface area (Å²) in [5.74, 6) is -0.654. The molecule has 7 nitrogen and oxygen atoms in total. The minimum atomic E-state index is -4.51. The molecule has 0 spiro atoms. The molecule has 1 aromatic heterocycles. The van der Waals surface area contributed by atoms with Crippen molar-refractivity contribution in [3.8, 4) is 11.4 Å². The zero-order chi connectivity index (χ0) is 22.4. The second-order valence-corrected chi connectivity index (χ2v) is 7.40. The first-order valence-corrected chi connectivity index (χ1v) is 9.29. The Hall–Kier alpha value is -3.69. The molecule has 3 aromatic rings. The number of benzene rings is 2. The van der Waals surface area contributed by atoms with Gasteiger partial charge in [0.25, 0.3) is 5.91 Å². The Morgan fingerprint density at radius 2 is 1.84 bits per heavy atom. The Morgan fingerprint density at radius 1 is 1.13 bits per heavy atom. The molecule has 3 amide bonds. The molecule has 0 saturated carbocycles. The topological polar surface area (TPSA) is 88.3 Å². The van der Waals surface area contributed by atoms with Gasteiger partial charge in [-0.2, -0.15) is 18.2 Å². The number of rotatable bonds is 4. The Balaban J connectivity index is 1.56. The predicted octanol–water partition coefficient (Wildman–Crippen LogP) is 4.03. The average Bonchev–Trinajstić information content (AvgIpc) is 3.27. The maximum atomic E-state index is 13.0. The maximum absolute atomic E-state index is 13.0. The molecular formula is C21H17F3N4O3. The van der Waals surface area contributed by atoms with Gasteiger partial charge in [0.1, 0.15) is 12.1 Å². The summed E-state index contributed by atoms with van der Waals surface area (Å²) in [6, 6.07) is 11.0. The monoisotopic (exact) mass is 430 g/mol. The van der Waals surface area contributed by atoms with E-state index in [2.05, 4.69) is 15.5 Å². The molecule has 1 atom stereocenters. The van der Waals surface area contributed by atoms with Crippen LogP contribution in [0, 0.1) is 6.92 Å². The summed E-state index contributed by atoms with van der Waals surface area (Å²) < 4.78 is 43.9. The fourth-order valence-corrected chi connectivity index (χ4v) is 3.33. The number of nitrogens with one attached hydrogen (secondary N) is 1.